The van der Waals surface area contributed by atoms with Gasteiger partial charge in [-0.2, -0.15) is 0 Å². The molecule has 0 aromatic carbocycles. The fraction of sp³-hybridized carbons (Fsp3) is 0.917. The SMILES string of the molecule is COC1CCN(C(=O)C(C)(N)C2CC2)CC1. The number of hydrogen-bond donors (Lipinski definition) is 1. The van der Waals surface area contributed by atoms with Gasteiger partial charge in [0.1, 0.15) is 0 Å². The van der Waals surface area contributed by atoms with E-state index in [0.29, 0.717) is 12.0 Å². The zero-order valence-electron chi connectivity index (χ0n) is 10.2. The third kappa shape index (κ3) is 2.23. The van der Waals surface area contributed by atoms with Gasteiger partial charge in [-0.1, -0.05) is 0 Å². The topological polar surface area (TPSA) is 55.6 Å². The van der Waals surface area contributed by atoms with Crippen LogP contribution in [0.15, 0.2) is 0 Å². The molecular weight excluding hydrogens is 204 g/mol. The van der Waals surface area contributed by atoms with Crippen molar-refractivity contribution >= 4 is 5.91 Å². The number of amides is 1. The number of carbonyl (C=O) groups excluding carboxylic acids is 1. The van der Waals surface area contributed by atoms with E-state index in [2.05, 4.69) is 0 Å². The molecule has 1 aliphatic heterocycles. The maximum Gasteiger partial charge on any atom is 0.242 e. The molecule has 0 bridgehead atoms. The normalized spacial score (nSPS) is 26.6. The molecule has 1 atom stereocenters. The van der Waals surface area contributed by atoms with Crippen LogP contribution in [0.5, 0.6) is 0 Å². The minimum absolute atomic E-state index is 0.129. The van der Waals surface area contributed by atoms with Crippen LogP contribution in [0.3, 0.4) is 0 Å². The highest BCUT2D eigenvalue weighted by Gasteiger charge is 2.46. The van der Waals surface area contributed by atoms with Crippen molar-refractivity contribution in [3.8, 4) is 0 Å². The first-order chi connectivity index (χ1) is 7.55. The summed E-state index contributed by atoms with van der Waals surface area (Å²) in [5, 5.41) is 0. The first kappa shape index (κ1) is 11.9. The van der Waals surface area contributed by atoms with Crippen LogP contribution >= 0.6 is 0 Å². The summed E-state index contributed by atoms with van der Waals surface area (Å²) >= 11 is 0. The smallest absolute Gasteiger partial charge is 0.242 e. The third-order valence-corrected chi connectivity index (χ3v) is 3.95. The molecule has 2 rings (SSSR count). The van der Waals surface area contributed by atoms with E-state index in [1.165, 1.54) is 0 Å². The molecule has 1 saturated carbocycles. The van der Waals surface area contributed by atoms with Crippen LogP contribution in [-0.4, -0.2) is 42.6 Å². The highest BCUT2D eigenvalue weighted by Crippen LogP contribution is 2.39. The molecule has 1 saturated heterocycles. The number of hydrogen-bond acceptors (Lipinski definition) is 3. The molecule has 0 spiro atoms. The fourth-order valence-electron chi connectivity index (χ4n) is 2.49. The first-order valence-electron chi connectivity index (χ1n) is 6.16. The van der Waals surface area contributed by atoms with Gasteiger partial charge in [-0.25, -0.2) is 0 Å². The van der Waals surface area contributed by atoms with Gasteiger partial charge in [0.25, 0.3) is 0 Å². The number of rotatable bonds is 3. The Bertz CT molecular complexity index is 266. The van der Waals surface area contributed by atoms with Crippen LogP contribution in [0.25, 0.3) is 0 Å². The lowest BCUT2D eigenvalue weighted by molar-refractivity contribution is -0.139. The van der Waals surface area contributed by atoms with Gasteiger partial charge in [-0.3, -0.25) is 4.79 Å². The second-order valence-electron chi connectivity index (χ2n) is 5.28. The van der Waals surface area contributed by atoms with E-state index < -0.39 is 5.54 Å². The Hall–Kier alpha value is -0.610. The lowest BCUT2D eigenvalue weighted by Gasteiger charge is -2.36. The van der Waals surface area contributed by atoms with Crippen molar-refractivity contribution in [3.63, 3.8) is 0 Å². The Kier molecular flexibility index (Phi) is 3.22. The lowest BCUT2D eigenvalue weighted by atomic mass is 9.94. The third-order valence-electron chi connectivity index (χ3n) is 3.95. The standard InChI is InChI=1S/C12H22N2O2/c1-12(13,9-3-4-9)11(15)14-7-5-10(16-2)6-8-14/h9-10H,3-8,13H2,1-2H3. The molecule has 0 aromatic heterocycles. The van der Waals surface area contributed by atoms with Crippen molar-refractivity contribution in [1.82, 2.24) is 4.90 Å². The maximum atomic E-state index is 12.3. The minimum Gasteiger partial charge on any atom is -0.381 e. The Labute approximate surface area is 97.1 Å². The van der Waals surface area contributed by atoms with Crippen LogP contribution in [-0.2, 0) is 9.53 Å². The lowest BCUT2D eigenvalue weighted by Crippen LogP contribution is -2.56. The number of piperidine rings is 1. The summed E-state index contributed by atoms with van der Waals surface area (Å²) in [6.45, 7) is 3.46. The van der Waals surface area contributed by atoms with Crippen molar-refractivity contribution in [1.29, 1.82) is 0 Å². The summed E-state index contributed by atoms with van der Waals surface area (Å²) < 4.78 is 5.30. The molecule has 2 aliphatic rings. The monoisotopic (exact) mass is 226 g/mol. The summed E-state index contributed by atoms with van der Waals surface area (Å²) in [7, 11) is 1.74. The van der Waals surface area contributed by atoms with Crippen molar-refractivity contribution in [3.05, 3.63) is 0 Å². The number of likely N-dealkylation sites (tertiary alicyclic amines) is 1. The van der Waals surface area contributed by atoms with E-state index in [9.17, 15) is 4.79 Å². The van der Waals surface area contributed by atoms with Gasteiger partial charge < -0.3 is 15.4 Å². The second kappa shape index (κ2) is 4.34. The molecule has 1 heterocycles. The predicted molar refractivity (Wildman–Crippen MR) is 61.9 cm³/mol. The van der Waals surface area contributed by atoms with Crippen LogP contribution in [0, 0.1) is 5.92 Å². The quantitative estimate of drug-likeness (QED) is 0.772. The zero-order valence-corrected chi connectivity index (χ0v) is 10.2. The van der Waals surface area contributed by atoms with Crippen LogP contribution in [0.2, 0.25) is 0 Å². The van der Waals surface area contributed by atoms with Crippen LogP contribution < -0.4 is 5.73 Å². The molecule has 16 heavy (non-hydrogen) atoms. The molecule has 2 N–H and O–H groups in total. The number of methoxy groups -OCH3 is 1. The summed E-state index contributed by atoms with van der Waals surface area (Å²) in [5.74, 6) is 0.532. The minimum atomic E-state index is -0.639. The van der Waals surface area contributed by atoms with E-state index in [-0.39, 0.29) is 5.91 Å². The highest BCUT2D eigenvalue weighted by atomic mass is 16.5. The summed E-state index contributed by atoms with van der Waals surface area (Å²) in [4.78, 5) is 14.2. The Balaban J connectivity index is 1.91. The van der Waals surface area contributed by atoms with Gasteiger partial charge in [-0.05, 0) is 38.5 Å². The van der Waals surface area contributed by atoms with E-state index in [0.717, 1.165) is 38.8 Å². The van der Waals surface area contributed by atoms with Gasteiger partial charge in [0, 0.05) is 20.2 Å². The van der Waals surface area contributed by atoms with E-state index in [1.54, 1.807) is 7.11 Å². The molecule has 1 amide bonds. The number of nitrogens with two attached hydrogens (primary N) is 1. The fourth-order valence-corrected chi connectivity index (χ4v) is 2.49. The molecule has 92 valence electrons. The van der Waals surface area contributed by atoms with Crippen molar-refractivity contribution in [2.24, 2.45) is 11.7 Å². The van der Waals surface area contributed by atoms with Crippen molar-refractivity contribution in [2.75, 3.05) is 20.2 Å². The van der Waals surface area contributed by atoms with Crippen molar-refractivity contribution in [2.45, 2.75) is 44.2 Å². The summed E-state index contributed by atoms with van der Waals surface area (Å²) in [6.07, 6.45) is 4.39. The predicted octanol–water partition coefficient (Wildman–Crippen LogP) is 0.751. The Morgan fingerprint density at radius 1 is 1.31 bits per heavy atom. The van der Waals surface area contributed by atoms with Crippen LogP contribution in [0.1, 0.15) is 32.6 Å². The van der Waals surface area contributed by atoms with E-state index in [4.69, 9.17) is 10.5 Å². The average Bonchev–Trinajstić information content (AvgIpc) is 3.12. The average molecular weight is 226 g/mol. The molecule has 1 unspecified atom stereocenters. The molecule has 1 aliphatic carbocycles. The second-order valence-corrected chi connectivity index (χ2v) is 5.28. The Morgan fingerprint density at radius 2 is 1.88 bits per heavy atom. The Morgan fingerprint density at radius 3 is 2.31 bits per heavy atom. The largest absolute Gasteiger partial charge is 0.381 e. The maximum absolute atomic E-state index is 12.3. The van der Waals surface area contributed by atoms with Crippen molar-refractivity contribution < 1.29 is 9.53 Å². The van der Waals surface area contributed by atoms with Crippen LogP contribution in [0.4, 0.5) is 0 Å². The molecule has 0 aromatic rings. The van der Waals surface area contributed by atoms with Gasteiger partial charge in [0.2, 0.25) is 5.91 Å². The van der Waals surface area contributed by atoms with E-state index >= 15 is 0 Å². The highest BCUT2D eigenvalue weighted by molar-refractivity contribution is 5.86. The zero-order chi connectivity index (χ0) is 11.8. The first-order valence-corrected chi connectivity index (χ1v) is 6.16. The molecule has 4 heteroatoms. The van der Waals surface area contributed by atoms with Gasteiger partial charge in [-0.15, -0.1) is 0 Å². The summed E-state index contributed by atoms with van der Waals surface area (Å²) in [6, 6.07) is 0. The molecule has 0 radical (unpaired) electrons. The molecular formula is C12H22N2O2. The number of ether oxygens (including phenoxy) is 1. The number of nitrogens with zero attached hydrogens (tertiary/aromatic N) is 1. The van der Waals surface area contributed by atoms with E-state index in [1.807, 2.05) is 11.8 Å². The number of carbonyl (C=O) groups is 1. The van der Waals surface area contributed by atoms with Gasteiger partial charge in [0.05, 0.1) is 11.6 Å². The molecule has 2 fully saturated rings. The van der Waals surface area contributed by atoms with Gasteiger partial charge >= 0.3 is 0 Å². The summed E-state index contributed by atoms with van der Waals surface area (Å²) in [5.41, 5.74) is 5.50. The van der Waals surface area contributed by atoms with Gasteiger partial charge in [0.15, 0.2) is 0 Å². The molecule has 4 nitrogen and oxygen atoms in total.